The fourth-order valence-electron chi connectivity index (χ4n) is 2.68. The summed E-state index contributed by atoms with van der Waals surface area (Å²) in [4.78, 5) is 18.4. The van der Waals surface area contributed by atoms with E-state index in [-0.39, 0.29) is 5.78 Å². The molecule has 3 rings (SSSR count). The largest absolute Gasteiger partial charge is 0.325 e. The predicted molar refractivity (Wildman–Crippen MR) is 77.4 cm³/mol. The van der Waals surface area contributed by atoms with Crippen LogP contribution in [-0.2, 0) is 4.79 Å². The molecule has 4 nitrogen and oxygen atoms in total. The van der Waals surface area contributed by atoms with Crippen molar-refractivity contribution in [3.05, 3.63) is 36.2 Å². The average Bonchev–Trinajstić information content (AvgIpc) is 2.69. The Labute approximate surface area is 113 Å². The second-order valence-corrected chi connectivity index (χ2v) is 5.31. The molecule has 2 aliphatic rings. The maximum atomic E-state index is 11.7. The van der Waals surface area contributed by atoms with Gasteiger partial charge in [0.2, 0.25) is 0 Å². The minimum atomic E-state index is 0.230. The fourth-order valence-corrected chi connectivity index (χ4v) is 2.68. The minimum absolute atomic E-state index is 0.230. The van der Waals surface area contributed by atoms with Gasteiger partial charge in [-0.05, 0) is 26.2 Å². The maximum Gasteiger partial charge on any atom is 0.161 e. The van der Waals surface area contributed by atoms with Crippen molar-refractivity contribution in [2.24, 2.45) is 0 Å². The van der Waals surface area contributed by atoms with E-state index in [9.17, 15) is 4.79 Å². The Balaban J connectivity index is 1.98. The van der Waals surface area contributed by atoms with Gasteiger partial charge in [0, 0.05) is 32.1 Å². The molecule has 0 amide bonds. The number of carbonyl (C=O) groups is 1. The number of benzene rings is 1. The van der Waals surface area contributed by atoms with E-state index < -0.39 is 0 Å². The second-order valence-electron chi connectivity index (χ2n) is 5.31. The van der Waals surface area contributed by atoms with Gasteiger partial charge in [0.05, 0.1) is 11.4 Å². The van der Waals surface area contributed by atoms with Gasteiger partial charge in [-0.15, -0.1) is 0 Å². The smallest absolute Gasteiger partial charge is 0.161 e. The first kappa shape index (κ1) is 12.2. The lowest BCUT2D eigenvalue weighted by Gasteiger charge is -2.28. The summed E-state index contributed by atoms with van der Waals surface area (Å²) in [5.74, 6) is 1.27. The lowest BCUT2D eigenvalue weighted by atomic mass is 10.2. The van der Waals surface area contributed by atoms with E-state index in [1.807, 2.05) is 0 Å². The minimum Gasteiger partial charge on any atom is -0.325 e. The lowest BCUT2D eigenvalue weighted by Crippen LogP contribution is -2.37. The number of hydrogen-bond donors (Lipinski definition) is 0. The number of likely N-dealkylation sites (N-methyl/N-ethyl adjacent to an activating group) is 1. The molecule has 1 aromatic rings. The standard InChI is InChI=1S/C15H19N3O/c1-16(2)9-10-18-14-6-4-3-5-13(14)17-8-7-12(19)11-15(17)18/h3-6,11H,7-10H2,1-2H3. The number of carbonyl (C=O) groups excluding carboxylic acids is 1. The van der Waals surface area contributed by atoms with Crippen LogP contribution in [0.2, 0.25) is 0 Å². The molecule has 0 saturated heterocycles. The molecule has 19 heavy (non-hydrogen) atoms. The van der Waals surface area contributed by atoms with Crippen LogP contribution in [0.3, 0.4) is 0 Å². The normalized spacial score (nSPS) is 17.6. The van der Waals surface area contributed by atoms with Crippen molar-refractivity contribution in [1.29, 1.82) is 0 Å². The van der Waals surface area contributed by atoms with Crippen LogP contribution in [-0.4, -0.2) is 44.4 Å². The summed E-state index contributed by atoms with van der Waals surface area (Å²) in [5, 5.41) is 0. The molecule has 0 atom stereocenters. The van der Waals surface area contributed by atoms with Gasteiger partial charge in [0.1, 0.15) is 5.82 Å². The molecule has 2 aliphatic heterocycles. The summed E-state index contributed by atoms with van der Waals surface area (Å²) in [6, 6.07) is 8.38. The molecule has 0 unspecified atom stereocenters. The lowest BCUT2D eigenvalue weighted by molar-refractivity contribution is -0.114. The molecule has 0 N–H and O–H groups in total. The first-order valence-corrected chi connectivity index (χ1v) is 6.70. The highest BCUT2D eigenvalue weighted by Crippen LogP contribution is 2.42. The van der Waals surface area contributed by atoms with E-state index in [1.54, 1.807) is 6.08 Å². The fraction of sp³-hybridized carbons (Fsp3) is 0.400. The molecule has 0 aliphatic carbocycles. The van der Waals surface area contributed by atoms with Crippen molar-refractivity contribution in [2.45, 2.75) is 6.42 Å². The number of anilines is 2. The molecule has 0 bridgehead atoms. The van der Waals surface area contributed by atoms with Crippen molar-refractivity contribution in [3.8, 4) is 0 Å². The molecule has 2 heterocycles. The molecule has 1 aromatic carbocycles. The number of ketones is 1. The summed E-state index contributed by atoms with van der Waals surface area (Å²) >= 11 is 0. The zero-order valence-corrected chi connectivity index (χ0v) is 11.5. The first-order chi connectivity index (χ1) is 9.16. The summed E-state index contributed by atoms with van der Waals surface area (Å²) in [6.07, 6.45) is 2.40. The highest BCUT2D eigenvalue weighted by Gasteiger charge is 2.33. The number of rotatable bonds is 3. The summed E-state index contributed by atoms with van der Waals surface area (Å²) in [5.41, 5.74) is 2.44. The van der Waals surface area contributed by atoms with Gasteiger partial charge < -0.3 is 14.7 Å². The van der Waals surface area contributed by atoms with Gasteiger partial charge >= 0.3 is 0 Å². The number of hydrogen-bond acceptors (Lipinski definition) is 4. The third-order valence-corrected chi connectivity index (χ3v) is 3.66. The van der Waals surface area contributed by atoms with E-state index in [1.165, 1.54) is 11.4 Å². The van der Waals surface area contributed by atoms with Gasteiger partial charge in [0.15, 0.2) is 5.78 Å². The van der Waals surface area contributed by atoms with Crippen molar-refractivity contribution in [1.82, 2.24) is 4.90 Å². The highest BCUT2D eigenvalue weighted by atomic mass is 16.1. The summed E-state index contributed by atoms with van der Waals surface area (Å²) < 4.78 is 0. The molecule has 0 radical (unpaired) electrons. The van der Waals surface area contributed by atoms with Gasteiger partial charge in [0.25, 0.3) is 0 Å². The number of fused-ring (bicyclic) bond motifs is 3. The van der Waals surface area contributed by atoms with Crippen molar-refractivity contribution in [3.63, 3.8) is 0 Å². The molecule has 100 valence electrons. The summed E-state index contributed by atoms with van der Waals surface area (Å²) in [7, 11) is 4.14. The van der Waals surface area contributed by atoms with Crippen molar-refractivity contribution < 1.29 is 4.79 Å². The quantitative estimate of drug-likeness (QED) is 0.823. The molecule has 0 fully saturated rings. The Morgan fingerprint density at radius 3 is 2.68 bits per heavy atom. The van der Waals surface area contributed by atoms with Gasteiger partial charge in [-0.3, -0.25) is 4.79 Å². The number of para-hydroxylation sites is 2. The van der Waals surface area contributed by atoms with Crippen molar-refractivity contribution in [2.75, 3.05) is 43.5 Å². The number of allylic oxidation sites excluding steroid dienone is 1. The van der Waals surface area contributed by atoms with E-state index in [0.29, 0.717) is 6.42 Å². The second kappa shape index (κ2) is 4.70. The Morgan fingerprint density at radius 1 is 1.21 bits per heavy atom. The molecule has 4 heteroatoms. The first-order valence-electron chi connectivity index (χ1n) is 6.70. The zero-order chi connectivity index (χ0) is 13.4. The van der Waals surface area contributed by atoms with Crippen LogP contribution in [0.4, 0.5) is 11.4 Å². The highest BCUT2D eigenvalue weighted by molar-refractivity contribution is 5.97. The zero-order valence-electron chi connectivity index (χ0n) is 11.5. The van der Waals surface area contributed by atoms with E-state index in [0.717, 1.165) is 25.5 Å². The topological polar surface area (TPSA) is 26.8 Å². The Bertz CT molecular complexity index is 536. The van der Waals surface area contributed by atoms with Crippen LogP contribution >= 0.6 is 0 Å². The van der Waals surface area contributed by atoms with Crippen LogP contribution < -0.4 is 9.80 Å². The van der Waals surface area contributed by atoms with E-state index in [4.69, 9.17) is 0 Å². The van der Waals surface area contributed by atoms with Crippen molar-refractivity contribution >= 4 is 17.2 Å². The van der Waals surface area contributed by atoms with E-state index >= 15 is 0 Å². The SMILES string of the molecule is CN(C)CCN1C2=CC(=O)CCN2c2ccccc21. The molecule has 0 spiro atoms. The van der Waals surface area contributed by atoms with Crippen LogP contribution in [0.1, 0.15) is 6.42 Å². The van der Waals surface area contributed by atoms with Crippen LogP contribution in [0, 0.1) is 0 Å². The van der Waals surface area contributed by atoms with Gasteiger partial charge in [-0.25, -0.2) is 0 Å². The van der Waals surface area contributed by atoms with Crippen LogP contribution in [0.25, 0.3) is 0 Å². The van der Waals surface area contributed by atoms with E-state index in [2.05, 4.69) is 53.1 Å². The third kappa shape index (κ3) is 2.12. The Morgan fingerprint density at radius 2 is 1.95 bits per heavy atom. The molecular weight excluding hydrogens is 238 g/mol. The average molecular weight is 257 g/mol. The number of nitrogens with zero attached hydrogens (tertiary/aromatic N) is 3. The van der Waals surface area contributed by atoms with Gasteiger partial charge in [-0.2, -0.15) is 0 Å². The third-order valence-electron chi connectivity index (χ3n) is 3.66. The Hall–Kier alpha value is -1.81. The Kier molecular flexibility index (Phi) is 3.03. The molecule has 0 aromatic heterocycles. The van der Waals surface area contributed by atoms with Crippen LogP contribution in [0.15, 0.2) is 36.2 Å². The molecule has 0 saturated carbocycles. The maximum absolute atomic E-state index is 11.7. The van der Waals surface area contributed by atoms with Crippen LogP contribution in [0.5, 0.6) is 0 Å². The monoisotopic (exact) mass is 257 g/mol. The summed E-state index contributed by atoms with van der Waals surface area (Å²) in [6.45, 7) is 2.66. The predicted octanol–water partition coefficient (Wildman–Crippen LogP) is 1.69. The van der Waals surface area contributed by atoms with Gasteiger partial charge in [-0.1, -0.05) is 12.1 Å². The molecular formula is C15H19N3O.